The molecule has 1 heterocycles. The lowest BCUT2D eigenvalue weighted by Gasteiger charge is -2.55. The Morgan fingerprint density at radius 3 is 1.70 bits per heavy atom. The fraction of sp³-hybridized carbons (Fsp3) is 1.00. The van der Waals surface area contributed by atoms with Crippen molar-refractivity contribution in [1.29, 1.82) is 0 Å². The van der Waals surface area contributed by atoms with Gasteiger partial charge in [0.1, 0.15) is 0 Å². The van der Waals surface area contributed by atoms with Crippen LogP contribution in [-0.4, -0.2) is 30.7 Å². The molecule has 1 saturated heterocycles. The molecule has 0 amide bonds. The molecule has 0 unspecified atom stereocenters. The van der Waals surface area contributed by atoms with Gasteiger partial charge < -0.3 is 4.48 Å². The lowest BCUT2D eigenvalue weighted by molar-refractivity contribution is -0.984. The van der Waals surface area contributed by atoms with E-state index in [4.69, 9.17) is 0 Å². The Balaban J connectivity index is 2.50. The summed E-state index contributed by atoms with van der Waals surface area (Å²) in [7, 11) is 2.36. The van der Waals surface area contributed by atoms with Gasteiger partial charge in [0.15, 0.2) is 0 Å². The molecular weight excluding hydrogens is 122 g/mol. The first-order chi connectivity index (χ1) is 4.36. The molecule has 0 aromatic rings. The Hall–Kier alpha value is -0.0400. The van der Waals surface area contributed by atoms with Gasteiger partial charge in [0.2, 0.25) is 0 Å². The quantitative estimate of drug-likeness (QED) is 0.490. The van der Waals surface area contributed by atoms with E-state index < -0.39 is 0 Å². The van der Waals surface area contributed by atoms with Gasteiger partial charge in [-0.3, -0.25) is 0 Å². The molecule has 0 aromatic heterocycles. The van der Waals surface area contributed by atoms with E-state index in [0.717, 1.165) is 6.04 Å². The maximum Gasteiger partial charge on any atom is 0.0892 e. The van der Waals surface area contributed by atoms with Crippen molar-refractivity contribution in [3.8, 4) is 0 Å². The van der Waals surface area contributed by atoms with Crippen LogP contribution in [0.15, 0.2) is 0 Å². The van der Waals surface area contributed by atoms with Gasteiger partial charge >= 0.3 is 0 Å². The summed E-state index contributed by atoms with van der Waals surface area (Å²) in [6, 6.07) is 0.799. The molecule has 1 heteroatoms. The Bertz CT molecular complexity index is 128. The summed E-state index contributed by atoms with van der Waals surface area (Å²) in [4.78, 5) is 0. The van der Waals surface area contributed by atoms with Gasteiger partial charge in [-0.05, 0) is 27.7 Å². The number of likely N-dealkylation sites (tertiary alicyclic amines) is 1. The smallest absolute Gasteiger partial charge is 0.0892 e. The average Bonchev–Trinajstić information content (AvgIpc) is 1.59. The topological polar surface area (TPSA) is 0 Å². The summed E-state index contributed by atoms with van der Waals surface area (Å²) in [5.41, 5.74) is 0.610. The summed E-state index contributed by atoms with van der Waals surface area (Å²) in [6.45, 7) is 12.0. The second-order valence-corrected chi connectivity index (χ2v) is 5.05. The lowest BCUT2D eigenvalue weighted by atomic mass is 9.81. The zero-order valence-electron chi connectivity index (χ0n) is 7.94. The highest BCUT2D eigenvalue weighted by molar-refractivity contribution is 4.77. The second-order valence-electron chi connectivity index (χ2n) is 5.05. The summed E-state index contributed by atoms with van der Waals surface area (Å²) in [5.74, 6) is 0. The van der Waals surface area contributed by atoms with Gasteiger partial charge in [0.05, 0.1) is 31.6 Å². The van der Waals surface area contributed by atoms with Crippen LogP contribution in [0.25, 0.3) is 0 Å². The number of rotatable bonds is 1. The van der Waals surface area contributed by atoms with Crippen molar-refractivity contribution in [1.82, 2.24) is 0 Å². The third-order valence-corrected chi connectivity index (χ3v) is 2.83. The Kier molecular flexibility index (Phi) is 1.59. The van der Waals surface area contributed by atoms with Crippen LogP contribution in [0.1, 0.15) is 27.7 Å². The Morgan fingerprint density at radius 2 is 1.60 bits per heavy atom. The fourth-order valence-corrected chi connectivity index (χ4v) is 2.27. The van der Waals surface area contributed by atoms with Crippen LogP contribution in [0.5, 0.6) is 0 Å². The molecule has 0 aliphatic carbocycles. The molecule has 1 aliphatic rings. The highest BCUT2D eigenvalue weighted by atomic mass is 15.4. The minimum atomic E-state index is 0.610. The van der Waals surface area contributed by atoms with E-state index >= 15 is 0 Å². The van der Waals surface area contributed by atoms with Crippen molar-refractivity contribution in [3.05, 3.63) is 0 Å². The first-order valence-corrected chi connectivity index (χ1v) is 4.20. The highest BCUT2D eigenvalue weighted by Crippen LogP contribution is 2.36. The third kappa shape index (κ3) is 1.20. The molecule has 0 saturated carbocycles. The van der Waals surface area contributed by atoms with E-state index in [2.05, 4.69) is 34.7 Å². The minimum Gasteiger partial charge on any atom is -0.323 e. The zero-order chi connectivity index (χ0) is 7.99. The van der Waals surface area contributed by atoms with Gasteiger partial charge in [-0.1, -0.05) is 0 Å². The molecule has 0 aromatic carbocycles. The number of quaternary nitrogens is 1. The summed E-state index contributed by atoms with van der Waals surface area (Å²) >= 11 is 0. The molecule has 1 fully saturated rings. The Labute approximate surface area is 64.6 Å². The van der Waals surface area contributed by atoms with E-state index in [-0.39, 0.29) is 0 Å². The van der Waals surface area contributed by atoms with E-state index in [9.17, 15) is 0 Å². The van der Waals surface area contributed by atoms with E-state index in [1.165, 1.54) is 17.6 Å². The van der Waals surface area contributed by atoms with E-state index in [1.54, 1.807) is 0 Å². The Morgan fingerprint density at radius 1 is 1.20 bits per heavy atom. The molecule has 10 heavy (non-hydrogen) atoms. The predicted molar refractivity (Wildman–Crippen MR) is 44.8 cm³/mol. The minimum absolute atomic E-state index is 0.610. The largest absolute Gasteiger partial charge is 0.323 e. The number of nitrogens with zero attached hydrogens (tertiary/aromatic N) is 1. The van der Waals surface area contributed by atoms with Crippen LogP contribution in [0, 0.1) is 5.41 Å². The first-order valence-electron chi connectivity index (χ1n) is 4.20. The van der Waals surface area contributed by atoms with E-state index in [1.807, 2.05) is 0 Å². The van der Waals surface area contributed by atoms with Gasteiger partial charge in [0.25, 0.3) is 0 Å². The summed E-state index contributed by atoms with van der Waals surface area (Å²) < 4.78 is 1.27. The monoisotopic (exact) mass is 142 g/mol. The molecule has 60 valence electrons. The van der Waals surface area contributed by atoms with Gasteiger partial charge in [-0.25, -0.2) is 0 Å². The van der Waals surface area contributed by atoms with Gasteiger partial charge in [0, 0.05) is 0 Å². The number of hydrogen-bond donors (Lipinski definition) is 0. The van der Waals surface area contributed by atoms with Crippen LogP contribution in [0.2, 0.25) is 0 Å². The number of hydrogen-bond acceptors (Lipinski definition) is 0. The first kappa shape index (κ1) is 8.06. The van der Waals surface area contributed by atoms with Crippen molar-refractivity contribution < 1.29 is 4.48 Å². The molecular formula is C9H20N+. The third-order valence-electron chi connectivity index (χ3n) is 2.83. The van der Waals surface area contributed by atoms with Gasteiger partial charge in [-0.2, -0.15) is 0 Å². The molecule has 0 radical (unpaired) electrons. The zero-order valence-corrected chi connectivity index (χ0v) is 7.94. The van der Waals surface area contributed by atoms with E-state index in [0.29, 0.717) is 5.41 Å². The van der Waals surface area contributed by atoms with Crippen LogP contribution >= 0.6 is 0 Å². The molecule has 0 atom stereocenters. The van der Waals surface area contributed by atoms with Gasteiger partial charge in [-0.15, -0.1) is 0 Å². The highest BCUT2D eigenvalue weighted by Gasteiger charge is 2.48. The second kappa shape index (κ2) is 1.97. The maximum absolute atomic E-state index is 2.36. The van der Waals surface area contributed by atoms with Crippen LogP contribution in [0.4, 0.5) is 0 Å². The van der Waals surface area contributed by atoms with Crippen molar-refractivity contribution in [2.75, 3.05) is 20.1 Å². The van der Waals surface area contributed by atoms with Crippen LogP contribution < -0.4 is 0 Å². The molecule has 1 rings (SSSR count). The van der Waals surface area contributed by atoms with Crippen LogP contribution in [0.3, 0.4) is 0 Å². The normalized spacial score (nSPS) is 28.2. The van der Waals surface area contributed by atoms with Crippen molar-refractivity contribution in [2.45, 2.75) is 33.7 Å². The molecule has 1 aliphatic heterocycles. The lowest BCUT2D eigenvalue weighted by Crippen LogP contribution is -2.68. The molecule has 0 spiro atoms. The summed E-state index contributed by atoms with van der Waals surface area (Å²) in [5, 5.41) is 0. The van der Waals surface area contributed by atoms with Crippen molar-refractivity contribution in [2.24, 2.45) is 5.41 Å². The van der Waals surface area contributed by atoms with Crippen molar-refractivity contribution in [3.63, 3.8) is 0 Å². The fourth-order valence-electron chi connectivity index (χ4n) is 2.27. The van der Waals surface area contributed by atoms with Crippen LogP contribution in [-0.2, 0) is 0 Å². The van der Waals surface area contributed by atoms with Crippen molar-refractivity contribution >= 4 is 0 Å². The molecule has 1 nitrogen and oxygen atoms in total. The summed E-state index contributed by atoms with van der Waals surface area (Å²) in [6.07, 6.45) is 0. The molecule has 0 bridgehead atoms. The standard InChI is InChI=1S/C9H20N/c1-8(2)10(5)6-9(3,4)7-10/h8H,6-7H2,1-5H3/q+1. The SMILES string of the molecule is CC(C)[N+]1(C)CC(C)(C)C1. The average molecular weight is 142 g/mol. The maximum atomic E-state index is 2.36. The molecule has 0 N–H and O–H groups in total. The predicted octanol–water partition coefficient (Wildman–Crippen LogP) is 1.88.